The maximum atomic E-state index is 2.60. The molecule has 1 aromatic heterocycles. The highest BCUT2D eigenvalue weighted by atomic mass is 32.2. The van der Waals surface area contributed by atoms with Crippen molar-refractivity contribution in [2.75, 3.05) is 4.90 Å². The van der Waals surface area contributed by atoms with Crippen LogP contribution in [-0.2, 0) is 10.8 Å². The summed E-state index contributed by atoms with van der Waals surface area (Å²) in [5.74, 6) is 2.89. The van der Waals surface area contributed by atoms with Gasteiger partial charge in [0.2, 0.25) is 0 Å². The molecule has 2 nitrogen and oxygen atoms in total. The number of aromatic nitrogens is 1. The summed E-state index contributed by atoms with van der Waals surface area (Å²) in [6, 6.07) is 67.5. The molecule has 0 N–H and O–H groups in total. The van der Waals surface area contributed by atoms with Crippen LogP contribution in [0.25, 0.3) is 38.3 Å². The van der Waals surface area contributed by atoms with E-state index in [0.29, 0.717) is 10.8 Å². The van der Waals surface area contributed by atoms with Gasteiger partial charge in [0.1, 0.15) is 0 Å². The molecule has 0 amide bonds. The fourth-order valence-electron chi connectivity index (χ4n) is 14.9. The van der Waals surface area contributed by atoms with Crippen LogP contribution in [0.1, 0.15) is 59.9 Å². The standard InChI is InChI=1S/C57H42N2S/c1-2-14-41-36(12-1)13-9-23-48(41)58(40-28-26-37(27-29-40)55-32-35-30-38-31-39(34-55)56(38,55)33-35)51-24-11-20-47-54(51)60-52-25-8-5-18-45(52)57(47)44-17-4-7-22-50(44)59-49-21-6-3-15-42(49)43-16-10-19-46(57)53(43)59/h1-29,35,38-39H,30-34H2. The first-order chi connectivity index (χ1) is 29.7. The second kappa shape index (κ2) is 11.2. The number of hydrogen-bond donors (Lipinski definition) is 0. The fourth-order valence-corrected chi connectivity index (χ4v) is 16.2. The summed E-state index contributed by atoms with van der Waals surface area (Å²) in [6.07, 6.45) is 7.29. The molecule has 4 aliphatic carbocycles. The molecule has 4 saturated carbocycles. The van der Waals surface area contributed by atoms with Crippen LogP contribution in [0.2, 0.25) is 0 Å². The van der Waals surface area contributed by atoms with Crippen molar-refractivity contribution in [2.45, 2.75) is 52.7 Å². The molecule has 8 aromatic carbocycles. The first kappa shape index (κ1) is 32.8. The molecule has 9 aromatic rings. The maximum Gasteiger partial charge on any atom is 0.0765 e. The van der Waals surface area contributed by atoms with Crippen molar-refractivity contribution in [1.82, 2.24) is 4.57 Å². The number of nitrogens with zero attached hydrogens (tertiary/aromatic N) is 2. The molecule has 6 atom stereocenters. The first-order valence-electron chi connectivity index (χ1n) is 22.1. The van der Waals surface area contributed by atoms with E-state index in [1.54, 1.807) is 5.56 Å². The molecule has 60 heavy (non-hydrogen) atoms. The normalized spacial score (nSPS) is 27.0. The number of benzene rings is 8. The minimum Gasteiger partial charge on any atom is -0.309 e. The lowest BCUT2D eigenvalue weighted by Crippen LogP contribution is -2.68. The summed E-state index contributed by atoms with van der Waals surface area (Å²) in [5, 5.41) is 5.13. The Hall–Kier alpha value is -6.03. The van der Waals surface area contributed by atoms with Crippen LogP contribution in [0, 0.1) is 23.2 Å². The lowest BCUT2D eigenvalue weighted by molar-refractivity contribution is -0.198. The zero-order chi connectivity index (χ0) is 39.0. The predicted molar refractivity (Wildman–Crippen MR) is 247 cm³/mol. The fraction of sp³-hybridized carbons (Fsp3) is 0.193. The van der Waals surface area contributed by atoms with Crippen LogP contribution in [0.3, 0.4) is 0 Å². The molecular weight excluding hydrogens is 745 g/mol. The van der Waals surface area contributed by atoms with Gasteiger partial charge in [-0.1, -0.05) is 145 Å². The molecule has 4 fully saturated rings. The van der Waals surface area contributed by atoms with Crippen molar-refractivity contribution in [3.63, 3.8) is 0 Å². The summed E-state index contributed by atoms with van der Waals surface area (Å²) in [5.41, 5.74) is 14.9. The van der Waals surface area contributed by atoms with Crippen molar-refractivity contribution in [3.8, 4) is 5.69 Å². The molecule has 2 aliphatic heterocycles. The van der Waals surface area contributed by atoms with E-state index in [1.165, 1.54) is 119 Å². The van der Waals surface area contributed by atoms with Crippen LogP contribution < -0.4 is 4.90 Å². The molecule has 3 heterocycles. The number of anilines is 3. The van der Waals surface area contributed by atoms with Gasteiger partial charge >= 0.3 is 0 Å². The Morgan fingerprint density at radius 3 is 2.12 bits per heavy atom. The Morgan fingerprint density at radius 2 is 1.22 bits per heavy atom. The van der Waals surface area contributed by atoms with Gasteiger partial charge in [-0.25, -0.2) is 0 Å². The van der Waals surface area contributed by atoms with Gasteiger partial charge < -0.3 is 9.47 Å². The van der Waals surface area contributed by atoms with Gasteiger partial charge in [0.25, 0.3) is 0 Å². The lowest BCUT2D eigenvalue weighted by atomic mass is 9.31. The highest BCUT2D eigenvalue weighted by molar-refractivity contribution is 7.99. The summed E-state index contributed by atoms with van der Waals surface area (Å²) >= 11 is 1.95. The second-order valence-corrected chi connectivity index (χ2v) is 20.0. The van der Waals surface area contributed by atoms with Crippen molar-refractivity contribution in [3.05, 3.63) is 204 Å². The Balaban J connectivity index is 1.01. The molecule has 15 rings (SSSR count). The molecule has 3 heteroatoms. The quantitative estimate of drug-likeness (QED) is 0.176. The smallest absolute Gasteiger partial charge is 0.0765 e. The van der Waals surface area contributed by atoms with Gasteiger partial charge in [-0.05, 0) is 131 Å². The van der Waals surface area contributed by atoms with E-state index in [4.69, 9.17) is 0 Å². The molecule has 2 bridgehead atoms. The average molecular weight is 787 g/mol. The van der Waals surface area contributed by atoms with Crippen molar-refractivity contribution in [1.29, 1.82) is 0 Å². The van der Waals surface area contributed by atoms with E-state index < -0.39 is 5.41 Å². The third kappa shape index (κ3) is 3.66. The highest BCUT2D eigenvalue weighted by Gasteiger charge is 2.80. The number of para-hydroxylation sites is 3. The summed E-state index contributed by atoms with van der Waals surface area (Å²) in [6.45, 7) is 0. The minimum atomic E-state index is -0.539. The van der Waals surface area contributed by atoms with E-state index >= 15 is 0 Å². The molecule has 2 spiro atoms. The SMILES string of the molecule is c1ccc2c(c1)Sc1c(N(c3ccc(C45CC6CC7CC(C4)C75C6)cc3)c3cccc4ccccc34)cccc1C21c2ccccc2-n2c3ccccc3c3cccc1c32. The van der Waals surface area contributed by atoms with E-state index in [1.807, 2.05) is 11.8 Å². The summed E-state index contributed by atoms with van der Waals surface area (Å²) < 4.78 is 2.55. The Morgan fingerprint density at radius 1 is 0.517 bits per heavy atom. The maximum absolute atomic E-state index is 2.60. The molecule has 6 aliphatic rings. The third-order valence-corrected chi connectivity index (χ3v) is 18.1. The van der Waals surface area contributed by atoms with Crippen LogP contribution in [-0.4, -0.2) is 4.57 Å². The van der Waals surface area contributed by atoms with Gasteiger partial charge in [-0.15, -0.1) is 0 Å². The van der Waals surface area contributed by atoms with Crippen molar-refractivity contribution in [2.24, 2.45) is 23.2 Å². The monoisotopic (exact) mass is 786 g/mol. The Bertz CT molecular complexity index is 3340. The van der Waals surface area contributed by atoms with Crippen LogP contribution >= 0.6 is 11.8 Å². The molecule has 286 valence electrons. The number of rotatable bonds is 4. The zero-order valence-electron chi connectivity index (χ0n) is 33.3. The van der Waals surface area contributed by atoms with Gasteiger partial charge in [-0.2, -0.15) is 0 Å². The molecule has 0 saturated heterocycles. The zero-order valence-corrected chi connectivity index (χ0v) is 34.1. The lowest BCUT2D eigenvalue weighted by Gasteiger charge is -2.73. The van der Waals surface area contributed by atoms with E-state index in [0.717, 1.165) is 17.8 Å². The minimum absolute atomic E-state index is 0.405. The van der Waals surface area contributed by atoms with Crippen LogP contribution in [0.15, 0.2) is 186 Å². The predicted octanol–water partition coefficient (Wildman–Crippen LogP) is 14.6. The first-order valence-corrected chi connectivity index (χ1v) is 22.9. The van der Waals surface area contributed by atoms with E-state index in [-0.39, 0.29) is 0 Å². The topological polar surface area (TPSA) is 8.17 Å². The second-order valence-electron chi connectivity index (χ2n) is 18.9. The van der Waals surface area contributed by atoms with Gasteiger partial charge in [-0.3, -0.25) is 0 Å². The van der Waals surface area contributed by atoms with Crippen molar-refractivity contribution >= 4 is 61.4 Å². The summed E-state index contributed by atoms with van der Waals surface area (Å²) in [7, 11) is 0. The van der Waals surface area contributed by atoms with Crippen molar-refractivity contribution < 1.29 is 0 Å². The molecule has 0 radical (unpaired) electrons. The highest BCUT2D eigenvalue weighted by Crippen LogP contribution is 2.86. The van der Waals surface area contributed by atoms with Gasteiger partial charge in [0, 0.05) is 37.1 Å². The van der Waals surface area contributed by atoms with Gasteiger partial charge in [0.05, 0.1) is 33.5 Å². The molecule has 6 unspecified atom stereocenters. The van der Waals surface area contributed by atoms with Crippen LogP contribution in [0.5, 0.6) is 0 Å². The van der Waals surface area contributed by atoms with E-state index in [9.17, 15) is 0 Å². The third-order valence-electron chi connectivity index (χ3n) is 16.9. The van der Waals surface area contributed by atoms with Crippen LogP contribution in [0.4, 0.5) is 17.1 Å². The Kier molecular flexibility index (Phi) is 6.12. The largest absolute Gasteiger partial charge is 0.309 e. The van der Waals surface area contributed by atoms with Gasteiger partial charge in [0.15, 0.2) is 0 Å². The summed E-state index contributed by atoms with van der Waals surface area (Å²) in [4.78, 5) is 5.22. The average Bonchev–Trinajstić information content (AvgIpc) is 3.93. The molecular formula is C57H42N2S. The number of fused-ring (bicyclic) bond motifs is 13. The van der Waals surface area contributed by atoms with E-state index in [2.05, 4.69) is 185 Å². The number of hydrogen-bond acceptors (Lipinski definition) is 2. The Labute approximate surface area is 354 Å².